The SMILES string of the molecule is Cc1ccc(C(c2ccc(Cl)cc2)N2CCN(C)CC2)cc1. The van der Waals surface area contributed by atoms with Gasteiger partial charge in [0, 0.05) is 31.2 Å². The topological polar surface area (TPSA) is 6.48 Å². The van der Waals surface area contributed by atoms with Gasteiger partial charge >= 0.3 is 0 Å². The van der Waals surface area contributed by atoms with Gasteiger partial charge in [0.05, 0.1) is 6.04 Å². The summed E-state index contributed by atoms with van der Waals surface area (Å²) in [5.74, 6) is 0. The maximum absolute atomic E-state index is 6.07. The van der Waals surface area contributed by atoms with E-state index in [9.17, 15) is 0 Å². The molecular weight excluding hydrogens is 292 g/mol. The van der Waals surface area contributed by atoms with Crippen molar-refractivity contribution in [2.75, 3.05) is 33.2 Å². The van der Waals surface area contributed by atoms with Gasteiger partial charge in [-0.1, -0.05) is 53.6 Å². The quantitative estimate of drug-likeness (QED) is 0.845. The summed E-state index contributed by atoms with van der Waals surface area (Å²) in [6, 6.07) is 17.5. The normalized spacial score (nSPS) is 18.3. The largest absolute Gasteiger partial charge is 0.304 e. The lowest BCUT2D eigenvalue weighted by molar-refractivity contribution is 0.127. The monoisotopic (exact) mass is 314 g/mol. The number of benzene rings is 2. The molecule has 22 heavy (non-hydrogen) atoms. The zero-order valence-corrected chi connectivity index (χ0v) is 14.1. The Kier molecular flexibility index (Phi) is 4.82. The van der Waals surface area contributed by atoms with Crippen LogP contribution in [0.4, 0.5) is 0 Å². The molecule has 3 heteroatoms. The molecule has 0 aromatic heterocycles. The Morgan fingerprint density at radius 3 is 1.86 bits per heavy atom. The van der Waals surface area contributed by atoms with E-state index in [1.807, 2.05) is 12.1 Å². The minimum absolute atomic E-state index is 0.312. The first-order chi connectivity index (χ1) is 10.6. The number of halogens is 1. The third kappa shape index (κ3) is 3.52. The second kappa shape index (κ2) is 6.82. The first-order valence-electron chi connectivity index (χ1n) is 7.88. The van der Waals surface area contributed by atoms with Crippen LogP contribution in [0.25, 0.3) is 0 Å². The summed E-state index contributed by atoms with van der Waals surface area (Å²) in [5.41, 5.74) is 3.98. The Morgan fingerprint density at radius 1 is 0.818 bits per heavy atom. The molecule has 1 atom stereocenters. The van der Waals surface area contributed by atoms with Crippen LogP contribution >= 0.6 is 11.6 Å². The molecule has 0 saturated carbocycles. The first-order valence-corrected chi connectivity index (χ1v) is 8.26. The first kappa shape index (κ1) is 15.5. The van der Waals surface area contributed by atoms with Crippen LogP contribution in [0.3, 0.4) is 0 Å². The molecule has 3 rings (SSSR count). The number of nitrogens with zero attached hydrogens (tertiary/aromatic N) is 2. The molecule has 0 amide bonds. The molecule has 0 radical (unpaired) electrons. The highest BCUT2D eigenvalue weighted by atomic mass is 35.5. The highest BCUT2D eigenvalue weighted by Gasteiger charge is 2.25. The van der Waals surface area contributed by atoms with E-state index in [-0.39, 0.29) is 0 Å². The number of rotatable bonds is 3. The molecule has 1 aliphatic heterocycles. The van der Waals surface area contributed by atoms with Gasteiger partial charge < -0.3 is 4.90 Å². The van der Waals surface area contributed by atoms with E-state index in [0.29, 0.717) is 6.04 Å². The van der Waals surface area contributed by atoms with Gasteiger partial charge in [0.15, 0.2) is 0 Å². The lowest BCUT2D eigenvalue weighted by atomic mass is 9.95. The Hall–Kier alpha value is -1.35. The van der Waals surface area contributed by atoms with Gasteiger partial charge in [-0.2, -0.15) is 0 Å². The minimum Gasteiger partial charge on any atom is -0.304 e. The molecule has 2 nitrogen and oxygen atoms in total. The minimum atomic E-state index is 0.312. The van der Waals surface area contributed by atoms with Gasteiger partial charge in [0.1, 0.15) is 0 Å². The number of likely N-dealkylation sites (N-methyl/N-ethyl adjacent to an activating group) is 1. The van der Waals surface area contributed by atoms with Gasteiger partial charge in [-0.05, 0) is 37.2 Å². The van der Waals surface area contributed by atoms with Crippen LogP contribution in [0.1, 0.15) is 22.7 Å². The van der Waals surface area contributed by atoms with Crippen molar-refractivity contribution in [3.63, 3.8) is 0 Å². The van der Waals surface area contributed by atoms with Gasteiger partial charge in [0.2, 0.25) is 0 Å². The second-order valence-electron chi connectivity index (χ2n) is 6.20. The summed E-state index contributed by atoms with van der Waals surface area (Å²) in [4.78, 5) is 4.97. The van der Waals surface area contributed by atoms with Crippen LogP contribution in [0.2, 0.25) is 5.02 Å². The number of hydrogen-bond acceptors (Lipinski definition) is 2. The summed E-state index contributed by atoms with van der Waals surface area (Å²) in [6.45, 7) is 6.57. The summed E-state index contributed by atoms with van der Waals surface area (Å²) < 4.78 is 0. The lowest BCUT2D eigenvalue weighted by Gasteiger charge is -2.38. The molecule has 1 aliphatic rings. The van der Waals surface area contributed by atoms with Crippen molar-refractivity contribution in [1.82, 2.24) is 9.80 Å². The van der Waals surface area contributed by atoms with Crippen molar-refractivity contribution in [3.05, 3.63) is 70.2 Å². The molecule has 116 valence electrons. The van der Waals surface area contributed by atoms with Crippen molar-refractivity contribution in [1.29, 1.82) is 0 Å². The Labute approximate surface area is 138 Å². The predicted octanol–water partition coefficient (Wildman–Crippen LogP) is 3.99. The maximum Gasteiger partial charge on any atom is 0.0602 e. The van der Waals surface area contributed by atoms with Crippen LogP contribution < -0.4 is 0 Å². The molecular formula is C19H23ClN2. The number of aryl methyl sites for hydroxylation is 1. The Balaban J connectivity index is 1.94. The van der Waals surface area contributed by atoms with Crippen molar-refractivity contribution in [2.45, 2.75) is 13.0 Å². The molecule has 1 saturated heterocycles. The fourth-order valence-electron chi connectivity index (χ4n) is 3.09. The van der Waals surface area contributed by atoms with Crippen molar-refractivity contribution in [2.24, 2.45) is 0 Å². The number of piperazine rings is 1. The third-order valence-electron chi connectivity index (χ3n) is 4.48. The third-order valence-corrected chi connectivity index (χ3v) is 4.73. The molecule has 1 unspecified atom stereocenters. The molecule has 1 heterocycles. The van der Waals surface area contributed by atoms with Crippen LogP contribution in [0.5, 0.6) is 0 Å². The molecule has 0 bridgehead atoms. The summed E-state index contributed by atoms with van der Waals surface area (Å²) in [5, 5.41) is 0.796. The Morgan fingerprint density at radius 2 is 1.32 bits per heavy atom. The van der Waals surface area contributed by atoms with E-state index >= 15 is 0 Å². The van der Waals surface area contributed by atoms with Gasteiger partial charge in [-0.25, -0.2) is 0 Å². The zero-order valence-electron chi connectivity index (χ0n) is 13.3. The van der Waals surface area contributed by atoms with Crippen molar-refractivity contribution >= 4 is 11.6 Å². The van der Waals surface area contributed by atoms with Crippen LogP contribution in [-0.2, 0) is 0 Å². The predicted molar refractivity (Wildman–Crippen MR) is 93.5 cm³/mol. The zero-order chi connectivity index (χ0) is 15.5. The van der Waals surface area contributed by atoms with E-state index in [1.165, 1.54) is 16.7 Å². The summed E-state index contributed by atoms with van der Waals surface area (Å²) in [7, 11) is 2.19. The molecule has 2 aromatic rings. The Bertz CT molecular complexity index is 553. The van der Waals surface area contributed by atoms with E-state index in [0.717, 1.165) is 31.2 Å². The van der Waals surface area contributed by atoms with Crippen LogP contribution in [-0.4, -0.2) is 43.0 Å². The highest BCUT2D eigenvalue weighted by molar-refractivity contribution is 6.30. The van der Waals surface area contributed by atoms with Gasteiger partial charge in [-0.15, -0.1) is 0 Å². The fourth-order valence-corrected chi connectivity index (χ4v) is 3.21. The van der Waals surface area contributed by atoms with Gasteiger partial charge in [-0.3, -0.25) is 4.90 Å². The standard InChI is InChI=1S/C19H23ClN2/c1-15-3-5-16(6-4-15)19(17-7-9-18(20)10-8-17)22-13-11-21(2)12-14-22/h3-10,19H,11-14H2,1-2H3. The van der Waals surface area contributed by atoms with E-state index in [4.69, 9.17) is 11.6 Å². The molecule has 0 spiro atoms. The fraction of sp³-hybridized carbons (Fsp3) is 0.368. The maximum atomic E-state index is 6.07. The molecule has 2 aromatic carbocycles. The average molecular weight is 315 g/mol. The molecule has 0 aliphatic carbocycles. The van der Waals surface area contributed by atoms with Crippen molar-refractivity contribution in [3.8, 4) is 0 Å². The smallest absolute Gasteiger partial charge is 0.0602 e. The number of hydrogen-bond donors (Lipinski definition) is 0. The van der Waals surface area contributed by atoms with E-state index < -0.39 is 0 Å². The van der Waals surface area contributed by atoms with Crippen LogP contribution in [0.15, 0.2) is 48.5 Å². The average Bonchev–Trinajstić information content (AvgIpc) is 2.53. The highest BCUT2D eigenvalue weighted by Crippen LogP contribution is 2.30. The van der Waals surface area contributed by atoms with E-state index in [2.05, 4.69) is 60.2 Å². The van der Waals surface area contributed by atoms with E-state index in [1.54, 1.807) is 0 Å². The molecule has 1 fully saturated rings. The lowest BCUT2D eigenvalue weighted by Crippen LogP contribution is -2.46. The summed E-state index contributed by atoms with van der Waals surface area (Å²) in [6.07, 6.45) is 0. The summed E-state index contributed by atoms with van der Waals surface area (Å²) >= 11 is 6.07. The molecule has 0 N–H and O–H groups in total. The van der Waals surface area contributed by atoms with Gasteiger partial charge in [0.25, 0.3) is 0 Å². The van der Waals surface area contributed by atoms with Crippen LogP contribution in [0, 0.1) is 6.92 Å². The second-order valence-corrected chi connectivity index (χ2v) is 6.64. The van der Waals surface area contributed by atoms with Crippen molar-refractivity contribution < 1.29 is 0 Å².